The Morgan fingerprint density at radius 1 is 0.453 bits per heavy atom. The number of allylic oxidation sites excluding steroid dienone is 5. The number of hydrogen-bond donors (Lipinski definition) is 0. The van der Waals surface area contributed by atoms with E-state index in [-0.39, 0.29) is 28.5 Å². The summed E-state index contributed by atoms with van der Waals surface area (Å²) in [5, 5.41) is 0. The van der Waals surface area contributed by atoms with Crippen molar-refractivity contribution in [2.75, 3.05) is 0 Å². The van der Waals surface area contributed by atoms with Crippen LogP contribution in [0.1, 0.15) is 242 Å². The standard InChI is InChI=1S/3C6H7N.C6H8.2C5H6N2.C5H7.13C2H6.CH4.2W/c1-6-2-4-7-5-3-6;1-6-3-2-4-7-5-6;1-6-4-2-3-5-7-6;1-6-4-2-3-5-6;1-5-2-6-4-7-3-5;1-5-2-3-6-4-7-5;1-4-5(2)3;13*1-2;;;/h3*2-5H,1H3;2-4H,5H2,1H3;2*2-4H,1H3;1-2H,4H2,3H3;13*1-2H3;1H4;;/q;;;;;;-1;;;;;;;;;;;;;;;;. The van der Waals surface area contributed by atoms with Crippen molar-refractivity contribution in [1.82, 2.24) is 34.9 Å². The first-order chi connectivity index (χ1) is 35.6. The van der Waals surface area contributed by atoms with Crippen LogP contribution >= 0.6 is 0 Å². The maximum absolute atomic E-state index is 5.30. The van der Waals surface area contributed by atoms with Gasteiger partial charge in [-0.1, -0.05) is 223 Å². The van der Waals surface area contributed by atoms with Gasteiger partial charge in [-0.15, -0.1) is 0 Å². The van der Waals surface area contributed by atoms with E-state index in [9.17, 15) is 0 Å². The van der Waals surface area contributed by atoms with E-state index in [4.69, 9.17) is 6.58 Å². The molecular weight excluding hydrogens is 1260 g/mol. The third-order valence-corrected chi connectivity index (χ3v) is 5.85. The van der Waals surface area contributed by atoms with Crippen molar-refractivity contribution >= 4 is 4.40 Å². The molecule has 0 N–H and O–H groups in total. The van der Waals surface area contributed by atoms with Gasteiger partial charge in [-0.25, -0.2) is 19.9 Å². The van der Waals surface area contributed by atoms with Gasteiger partial charge in [0, 0.05) is 82.0 Å². The molecule has 5 aromatic rings. The van der Waals surface area contributed by atoms with Crippen molar-refractivity contribution < 1.29 is 40.4 Å². The van der Waals surface area contributed by atoms with E-state index >= 15 is 0 Å². The molecule has 1 aliphatic rings. The minimum absolute atomic E-state index is 0. The van der Waals surface area contributed by atoms with E-state index < -0.39 is 0 Å². The van der Waals surface area contributed by atoms with E-state index in [0.29, 0.717) is 0 Å². The molecule has 0 spiro atoms. The van der Waals surface area contributed by atoms with Crippen LogP contribution in [-0.2, 0) is 40.4 Å². The molecule has 1 aliphatic carbocycles. The molecule has 6 rings (SSSR count). The molecule has 0 aromatic carbocycles. The van der Waals surface area contributed by atoms with E-state index in [0.717, 1.165) is 28.9 Å². The topological polar surface area (TPSA) is 90.2 Å². The van der Waals surface area contributed by atoms with Crippen LogP contribution in [0.5, 0.6) is 0 Å². The SMILES string of the molecule is C.CC.CC.CC.CC.CC.CC.CC.CC.CC.CC.CC.CC.CC.CC1=CC=CC1.Cc1ccccn1.Cc1cccnc1.Cc1ccncc1.Cc1ccncn1.Cc1cncnc1.[CH-]=C(C)C[CH]=[W].[W]. The molecule has 5 heterocycles. The first-order valence-electron chi connectivity index (χ1n) is 28.0. The van der Waals surface area contributed by atoms with Crippen LogP contribution in [0.4, 0.5) is 0 Å². The summed E-state index contributed by atoms with van der Waals surface area (Å²) >= 11 is 1.50. The molecule has 0 saturated carbocycles. The molecule has 7 nitrogen and oxygen atoms in total. The first kappa shape index (κ1) is 115. The number of pyridine rings is 3. The van der Waals surface area contributed by atoms with E-state index in [1.807, 2.05) is 276 Å². The minimum Gasteiger partial charge on any atom is 0 e. The number of aryl methyl sites for hydroxylation is 5. The van der Waals surface area contributed by atoms with Crippen molar-refractivity contribution in [2.24, 2.45) is 0 Å². The Balaban J connectivity index is -0.0000000359. The summed E-state index contributed by atoms with van der Waals surface area (Å²) in [5.74, 6) is 0. The van der Waals surface area contributed by atoms with Crippen molar-refractivity contribution in [2.45, 2.75) is 249 Å². The van der Waals surface area contributed by atoms with Gasteiger partial charge >= 0.3 is 49.3 Å². The van der Waals surface area contributed by atoms with Gasteiger partial charge in [0.1, 0.15) is 12.7 Å². The van der Waals surface area contributed by atoms with Gasteiger partial charge in [0.25, 0.3) is 0 Å². The van der Waals surface area contributed by atoms with Crippen LogP contribution in [0.3, 0.4) is 0 Å². The quantitative estimate of drug-likeness (QED) is 0.163. The molecule has 0 atom stereocenters. The Morgan fingerprint density at radius 2 is 0.867 bits per heavy atom. The molecule has 0 aliphatic heterocycles. The fourth-order valence-electron chi connectivity index (χ4n) is 2.74. The predicted molar refractivity (Wildman–Crippen MR) is 346 cm³/mol. The maximum atomic E-state index is 5.30. The molecule has 442 valence electrons. The van der Waals surface area contributed by atoms with Gasteiger partial charge in [0.05, 0.1) is 0 Å². The zero-order chi connectivity index (χ0) is 61.0. The predicted octanol–water partition coefficient (Wildman–Crippen LogP) is 22.7. The summed E-state index contributed by atoms with van der Waals surface area (Å²) in [6.07, 6.45) is 25.8. The summed E-state index contributed by atoms with van der Waals surface area (Å²) in [4.78, 5) is 26.9. The van der Waals surface area contributed by atoms with Crippen molar-refractivity contribution in [3.05, 3.63) is 175 Å². The molecular formula is C66H130N7W2-. The second-order valence-electron chi connectivity index (χ2n) is 10.2. The van der Waals surface area contributed by atoms with Crippen molar-refractivity contribution in [1.29, 1.82) is 0 Å². The number of rotatable bonds is 2. The van der Waals surface area contributed by atoms with Crippen LogP contribution in [0.25, 0.3) is 0 Å². The second-order valence-corrected chi connectivity index (χ2v) is 11.4. The third kappa shape index (κ3) is 153. The van der Waals surface area contributed by atoms with Gasteiger partial charge in [0.15, 0.2) is 0 Å². The summed E-state index contributed by atoms with van der Waals surface area (Å²) in [7, 11) is 0. The van der Waals surface area contributed by atoms with Crippen LogP contribution in [0.15, 0.2) is 140 Å². The fraction of sp³-hybridized carbons (Fsp3) is 0.545. The van der Waals surface area contributed by atoms with Gasteiger partial charge in [-0.05, 0) is 101 Å². The normalized spacial score (nSPS) is 7.19. The summed E-state index contributed by atoms with van der Waals surface area (Å²) in [6.45, 7) is 71.3. The Kier molecular flexibility index (Phi) is 222. The number of aromatic nitrogens is 7. The van der Waals surface area contributed by atoms with Crippen LogP contribution in [0.2, 0.25) is 0 Å². The van der Waals surface area contributed by atoms with Crippen LogP contribution < -0.4 is 0 Å². The number of nitrogens with zero attached hydrogens (tertiary/aromatic N) is 7. The first-order valence-corrected chi connectivity index (χ1v) is 29.7. The molecule has 0 fully saturated rings. The van der Waals surface area contributed by atoms with Gasteiger partial charge in [-0.3, -0.25) is 15.0 Å². The molecule has 5 aromatic heterocycles. The summed E-state index contributed by atoms with van der Waals surface area (Å²) < 4.78 is 2.12. The average Bonchev–Trinajstić information content (AvgIpc) is 3.98. The number of hydrogen-bond acceptors (Lipinski definition) is 7. The Labute approximate surface area is 499 Å². The minimum atomic E-state index is 0. The molecule has 9 heteroatoms. The van der Waals surface area contributed by atoms with E-state index in [2.05, 4.69) is 64.4 Å². The third-order valence-electron chi connectivity index (χ3n) is 5.25. The van der Waals surface area contributed by atoms with E-state index in [1.54, 1.807) is 43.4 Å². The van der Waals surface area contributed by atoms with Crippen molar-refractivity contribution in [3.8, 4) is 0 Å². The largest absolute Gasteiger partial charge is 0 e. The monoisotopic (exact) mass is 1390 g/mol. The molecule has 0 saturated heterocycles. The van der Waals surface area contributed by atoms with Gasteiger partial charge in [-0.2, -0.15) is 0 Å². The molecule has 0 bridgehead atoms. The Hall–Kier alpha value is -3.92. The molecule has 0 amide bonds. The second kappa shape index (κ2) is 145. The molecule has 0 unspecified atom stereocenters. The van der Waals surface area contributed by atoms with Crippen LogP contribution in [-0.4, -0.2) is 39.3 Å². The zero-order valence-corrected chi connectivity index (χ0v) is 61.0. The summed E-state index contributed by atoms with van der Waals surface area (Å²) in [6, 6.07) is 15.6. The zero-order valence-electron chi connectivity index (χ0n) is 55.1. The maximum Gasteiger partial charge on any atom is 0 e. The Morgan fingerprint density at radius 3 is 1.01 bits per heavy atom. The smallest absolute Gasteiger partial charge is 0 e. The van der Waals surface area contributed by atoms with Gasteiger partial charge in [0.2, 0.25) is 0 Å². The Bertz CT molecular complexity index is 1290. The average molecular weight is 1390 g/mol. The van der Waals surface area contributed by atoms with Crippen LogP contribution in [0, 0.1) is 41.2 Å². The van der Waals surface area contributed by atoms with E-state index in [1.165, 1.54) is 55.1 Å². The van der Waals surface area contributed by atoms with Crippen molar-refractivity contribution in [3.63, 3.8) is 0 Å². The molecule has 0 radical (unpaired) electrons. The van der Waals surface area contributed by atoms with Gasteiger partial charge < -0.3 is 0 Å². The summed E-state index contributed by atoms with van der Waals surface area (Å²) in [5.41, 5.74) is 8.12. The molecule has 75 heavy (non-hydrogen) atoms. The fourth-order valence-corrected chi connectivity index (χ4v) is 3.68.